The van der Waals surface area contributed by atoms with E-state index in [1.165, 1.54) is 12.1 Å². The zero-order valence-electron chi connectivity index (χ0n) is 10.9. The Labute approximate surface area is 117 Å². The number of benzene rings is 2. The van der Waals surface area contributed by atoms with Crippen LogP contribution in [0.3, 0.4) is 0 Å². The normalized spacial score (nSPS) is 13.3. The average Bonchev–Trinajstić information content (AvgIpc) is 2.36. The van der Waals surface area contributed by atoms with Crippen LogP contribution in [-0.4, -0.2) is 5.11 Å². The van der Waals surface area contributed by atoms with Crippen molar-refractivity contribution in [3.8, 4) is 0 Å². The molecule has 112 valence electrons. The second-order valence-electron chi connectivity index (χ2n) is 4.66. The average molecular weight is 302 g/mol. The van der Waals surface area contributed by atoms with E-state index in [9.17, 15) is 27.1 Å². The third kappa shape index (κ3) is 3.21. The highest BCUT2D eigenvalue weighted by Crippen LogP contribution is 2.33. The molecule has 21 heavy (non-hydrogen) atoms. The summed E-state index contributed by atoms with van der Waals surface area (Å²) in [6.45, 7) is 1.65. The van der Waals surface area contributed by atoms with E-state index in [4.69, 9.17) is 0 Å². The Bertz CT molecular complexity index is 664. The molecule has 2 aromatic carbocycles. The van der Waals surface area contributed by atoms with Crippen LogP contribution in [0.5, 0.6) is 0 Å². The number of aliphatic hydroxyl groups excluding tert-OH is 1. The third-order valence-corrected chi connectivity index (χ3v) is 3.06. The first-order valence-electron chi connectivity index (χ1n) is 6.01. The summed E-state index contributed by atoms with van der Waals surface area (Å²) in [7, 11) is 0. The van der Waals surface area contributed by atoms with Crippen LogP contribution in [0.15, 0.2) is 36.4 Å². The molecule has 0 spiro atoms. The van der Waals surface area contributed by atoms with Crippen LogP contribution in [0.2, 0.25) is 0 Å². The number of aliphatic hydroxyl groups is 1. The molecule has 0 heterocycles. The van der Waals surface area contributed by atoms with Gasteiger partial charge in [0.05, 0.1) is 5.56 Å². The molecule has 0 bridgehead atoms. The van der Waals surface area contributed by atoms with Crippen LogP contribution < -0.4 is 0 Å². The van der Waals surface area contributed by atoms with Gasteiger partial charge in [0, 0.05) is 5.56 Å². The number of halogens is 5. The van der Waals surface area contributed by atoms with Gasteiger partial charge < -0.3 is 5.11 Å². The Kier molecular flexibility index (Phi) is 4.00. The quantitative estimate of drug-likeness (QED) is 0.817. The maximum Gasteiger partial charge on any atom is 0.419 e. The first-order valence-corrected chi connectivity index (χ1v) is 6.01. The number of hydrogen-bond donors (Lipinski definition) is 1. The van der Waals surface area contributed by atoms with Gasteiger partial charge in [-0.3, -0.25) is 0 Å². The summed E-state index contributed by atoms with van der Waals surface area (Å²) in [5, 5.41) is 9.99. The lowest BCUT2D eigenvalue weighted by atomic mass is 9.98. The van der Waals surface area contributed by atoms with E-state index < -0.39 is 29.5 Å². The van der Waals surface area contributed by atoms with Crippen molar-refractivity contribution in [2.75, 3.05) is 0 Å². The van der Waals surface area contributed by atoms with Crippen LogP contribution in [0, 0.1) is 18.6 Å². The summed E-state index contributed by atoms with van der Waals surface area (Å²) >= 11 is 0. The number of alkyl halides is 3. The molecule has 0 amide bonds. The fourth-order valence-corrected chi connectivity index (χ4v) is 1.96. The Hall–Kier alpha value is -1.95. The topological polar surface area (TPSA) is 20.2 Å². The molecule has 2 aromatic rings. The lowest BCUT2D eigenvalue weighted by Gasteiger charge is -2.15. The Morgan fingerprint density at radius 3 is 2.14 bits per heavy atom. The highest BCUT2D eigenvalue weighted by Gasteiger charge is 2.34. The van der Waals surface area contributed by atoms with Gasteiger partial charge in [0.25, 0.3) is 0 Å². The molecular formula is C15H11F5O. The van der Waals surface area contributed by atoms with Crippen LogP contribution in [0.1, 0.15) is 28.4 Å². The smallest absolute Gasteiger partial charge is 0.384 e. The molecule has 1 nitrogen and oxygen atoms in total. The molecule has 0 aromatic heterocycles. The van der Waals surface area contributed by atoms with E-state index in [1.807, 2.05) is 0 Å². The molecule has 0 aliphatic rings. The van der Waals surface area contributed by atoms with E-state index in [0.717, 1.165) is 6.07 Å². The van der Waals surface area contributed by atoms with E-state index in [-0.39, 0.29) is 11.1 Å². The van der Waals surface area contributed by atoms with E-state index >= 15 is 0 Å². The first kappa shape index (κ1) is 15.4. The fraction of sp³-hybridized carbons (Fsp3) is 0.200. The first-order chi connectivity index (χ1) is 9.70. The van der Waals surface area contributed by atoms with Crippen molar-refractivity contribution >= 4 is 0 Å². The summed E-state index contributed by atoms with van der Waals surface area (Å²) in [5.74, 6) is -2.21. The van der Waals surface area contributed by atoms with Crippen LogP contribution in [0.25, 0.3) is 0 Å². The molecule has 2 rings (SSSR count). The highest BCUT2D eigenvalue weighted by molar-refractivity contribution is 5.35. The molecule has 0 saturated heterocycles. The monoisotopic (exact) mass is 302 g/mol. The molecular weight excluding hydrogens is 291 g/mol. The van der Waals surface area contributed by atoms with Gasteiger partial charge in [-0.1, -0.05) is 18.2 Å². The minimum atomic E-state index is -4.82. The van der Waals surface area contributed by atoms with Crippen molar-refractivity contribution in [3.05, 3.63) is 70.3 Å². The van der Waals surface area contributed by atoms with Crippen molar-refractivity contribution in [1.82, 2.24) is 0 Å². The zero-order valence-corrected chi connectivity index (χ0v) is 10.9. The largest absolute Gasteiger partial charge is 0.419 e. The minimum Gasteiger partial charge on any atom is -0.384 e. The van der Waals surface area contributed by atoms with Crippen LogP contribution >= 0.6 is 0 Å². The summed E-state index contributed by atoms with van der Waals surface area (Å²) in [6.07, 6.45) is -6.36. The third-order valence-electron chi connectivity index (χ3n) is 3.06. The molecule has 0 saturated carbocycles. The van der Waals surface area contributed by atoms with Crippen LogP contribution in [-0.2, 0) is 6.18 Å². The maximum atomic E-state index is 13.7. The molecule has 1 atom stereocenters. The van der Waals surface area contributed by atoms with E-state index in [1.54, 1.807) is 13.0 Å². The number of aryl methyl sites for hydroxylation is 1. The Balaban J connectivity index is 2.40. The summed E-state index contributed by atoms with van der Waals surface area (Å²) < 4.78 is 64.5. The molecule has 0 aliphatic heterocycles. The Morgan fingerprint density at radius 2 is 1.62 bits per heavy atom. The Morgan fingerprint density at radius 1 is 0.952 bits per heavy atom. The molecule has 6 heteroatoms. The zero-order chi connectivity index (χ0) is 15.8. The van der Waals surface area contributed by atoms with Crippen molar-refractivity contribution in [2.45, 2.75) is 19.2 Å². The van der Waals surface area contributed by atoms with Gasteiger partial charge in [-0.25, -0.2) is 8.78 Å². The number of rotatable bonds is 2. The van der Waals surface area contributed by atoms with Gasteiger partial charge in [-0.2, -0.15) is 13.2 Å². The van der Waals surface area contributed by atoms with Crippen molar-refractivity contribution < 1.29 is 27.1 Å². The minimum absolute atomic E-state index is 0.125. The molecule has 1 unspecified atom stereocenters. The number of hydrogen-bond acceptors (Lipinski definition) is 1. The van der Waals surface area contributed by atoms with Gasteiger partial charge in [0.1, 0.15) is 17.7 Å². The predicted molar refractivity (Wildman–Crippen MR) is 66.6 cm³/mol. The maximum absolute atomic E-state index is 13.7. The summed E-state index contributed by atoms with van der Waals surface area (Å²) in [5.41, 5.74) is -1.08. The fourth-order valence-electron chi connectivity index (χ4n) is 1.96. The standard InChI is InChI=1S/C15H11F5O/c1-8-2-4-10(12(16)6-8)14(21)9-3-5-11(13(17)7-9)15(18,19)20/h2-7,14,21H,1H3. The lowest BCUT2D eigenvalue weighted by molar-refractivity contribution is -0.140. The van der Waals surface area contributed by atoms with Gasteiger partial charge in [0.15, 0.2) is 0 Å². The van der Waals surface area contributed by atoms with Gasteiger partial charge in [0.2, 0.25) is 0 Å². The SMILES string of the molecule is Cc1ccc(C(O)c2ccc(C(F)(F)F)c(F)c2)c(F)c1. The summed E-state index contributed by atoms with van der Waals surface area (Å²) in [4.78, 5) is 0. The van der Waals surface area contributed by atoms with Crippen LogP contribution in [0.4, 0.5) is 22.0 Å². The van der Waals surface area contributed by atoms with E-state index in [0.29, 0.717) is 17.7 Å². The highest BCUT2D eigenvalue weighted by atomic mass is 19.4. The lowest BCUT2D eigenvalue weighted by Crippen LogP contribution is -2.10. The molecule has 1 N–H and O–H groups in total. The molecule has 0 fully saturated rings. The van der Waals surface area contributed by atoms with E-state index in [2.05, 4.69) is 0 Å². The van der Waals surface area contributed by atoms with Crippen molar-refractivity contribution in [3.63, 3.8) is 0 Å². The van der Waals surface area contributed by atoms with Gasteiger partial charge >= 0.3 is 6.18 Å². The van der Waals surface area contributed by atoms with Gasteiger partial charge in [-0.15, -0.1) is 0 Å². The summed E-state index contributed by atoms with van der Waals surface area (Å²) in [6, 6.07) is 6.05. The van der Waals surface area contributed by atoms with Gasteiger partial charge in [-0.05, 0) is 36.2 Å². The predicted octanol–water partition coefficient (Wildman–Crippen LogP) is 4.37. The second kappa shape index (κ2) is 5.44. The van der Waals surface area contributed by atoms with Crippen molar-refractivity contribution in [2.24, 2.45) is 0 Å². The molecule has 0 aliphatic carbocycles. The second-order valence-corrected chi connectivity index (χ2v) is 4.66. The van der Waals surface area contributed by atoms with Crippen molar-refractivity contribution in [1.29, 1.82) is 0 Å². The molecule has 0 radical (unpaired) electrons.